The molecule has 0 atom stereocenters. The van der Waals surface area contributed by atoms with Gasteiger partial charge < -0.3 is 15.2 Å². The number of benzene rings is 1. The van der Waals surface area contributed by atoms with Crippen molar-refractivity contribution >= 4 is 18.0 Å². The van der Waals surface area contributed by atoms with Crippen molar-refractivity contribution < 1.29 is 19.4 Å². The van der Waals surface area contributed by atoms with Crippen LogP contribution < -0.4 is 10.1 Å². The van der Waals surface area contributed by atoms with E-state index in [0.717, 1.165) is 5.56 Å². The van der Waals surface area contributed by atoms with Crippen LogP contribution in [0.3, 0.4) is 0 Å². The Morgan fingerprint density at radius 2 is 2.04 bits per heavy atom. The standard InChI is InChI=1S/C18H15N3O4/c19-9-15(18(24)21-11-14-2-1-7-20-10-14)8-13-3-5-16(6-4-13)25-12-17(22)23/h1-8,10H,11-12H2,(H,21,24)(H,22,23)/b15-8+. The summed E-state index contributed by atoms with van der Waals surface area (Å²) in [6.45, 7) is -0.164. The number of ether oxygens (including phenoxy) is 1. The molecule has 1 aromatic heterocycles. The minimum atomic E-state index is -1.07. The Labute approximate surface area is 144 Å². The Morgan fingerprint density at radius 3 is 2.64 bits per heavy atom. The van der Waals surface area contributed by atoms with Crippen LogP contribution in [0.1, 0.15) is 11.1 Å². The molecule has 1 amide bonds. The lowest BCUT2D eigenvalue weighted by molar-refractivity contribution is -0.139. The van der Waals surface area contributed by atoms with Gasteiger partial charge in [0.25, 0.3) is 5.91 Å². The van der Waals surface area contributed by atoms with Gasteiger partial charge in [-0.1, -0.05) is 18.2 Å². The van der Waals surface area contributed by atoms with Crippen LogP contribution in [0.25, 0.3) is 6.08 Å². The van der Waals surface area contributed by atoms with Crippen molar-refractivity contribution in [1.82, 2.24) is 10.3 Å². The fourth-order valence-corrected chi connectivity index (χ4v) is 1.90. The van der Waals surface area contributed by atoms with Crippen LogP contribution in [0.5, 0.6) is 5.75 Å². The van der Waals surface area contributed by atoms with Gasteiger partial charge in [0, 0.05) is 18.9 Å². The SMILES string of the molecule is N#C/C(=C\c1ccc(OCC(=O)O)cc1)C(=O)NCc1cccnc1. The molecule has 0 bridgehead atoms. The largest absolute Gasteiger partial charge is 0.482 e. The van der Waals surface area contributed by atoms with Gasteiger partial charge in [0.15, 0.2) is 6.61 Å². The highest BCUT2D eigenvalue weighted by Gasteiger charge is 2.09. The van der Waals surface area contributed by atoms with Gasteiger partial charge in [-0.05, 0) is 35.4 Å². The van der Waals surface area contributed by atoms with E-state index in [1.165, 1.54) is 6.08 Å². The Bertz CT molecular complexity index is 808. The Hall–Kier alpha value is -3.66. The molecule has 2 N–H and O–H groups in total. The molecule has 2 aromatic rings. The highest BCUT2D eigenvalue weighted by Crippen LogP contribution is 2.14. The zero-order valence-corrected chi connectivity index (χ0v) is 13.2. The Morgan fingerprint density at radius 1 is 1.28 bits per heavy atom. The zero-order chi connectivity index (χ0) is 18.1. The van der Waals surface area contributed by atoms with Gasteiger partial charge in [0.1, 0.15) is 17.4 Å². The second-order valence-electron chi connectivity index (χ2n) is 4.97. The fourth-order valence-electron chi connectivity index (χ4n) is 1.90. The number of carbonyl (C=O) groups is 2. The maximum atomic E-state index is 12.1. The molecule has 7 nitrogen and oxygen atoms in total. The molecular formula is C18H15N3O4. The molecule has 0 saturated heterocycles. The Balaban J connectivity index is 2.00. The molecule has 7 heteroatoms. The number of aliphatic carboxylic acids is 1. The van der Waals surface area contributed by atoms with E-state index in [2.05, 4.69) is 10.3 Å². The minimum Gasteiger partial charge on any atom is -0.482 e. The number of nitriles is 1. The van der Waals surface area contributed by atoms with E-state index in [-0.39, 0.29) is 12.1 Å². The van der Waals surface area contributed by atoms with Crippen molar-refractivity contribution in [3.8, 4) is 11.8 Å². The average Bonchev–Trinajstić information content (AvgIpc) is 2.64. The molecule has 0 unspecified atom stereocenters. The maximum absolute atomic E-state index is 12.1. The third kappa shape index (κ3) is 5.80. The van der Waals surface area contributed by atoms with Crippen molar-refractivity contribution in [1.29, 1.82) is 5.26 Å². The van der Waals surface area contributed by atoms with Crippen molar-refractivity contribution in [3.63, 3.8) is 0 Å². The maximum Gasteiger partial charge on any atom is 0.341 e. The number of nitrogens with zero attached hydrogens (tertiary/aromatic N) is 2. The van der Waals surface area contributed by atoms with Crippen molar-refractivity contribution in [2.24, 2.45) is 0 Å². The van der Waals surface area contributed by atoms with Crippen LogP contribution in [0.2, 0.25) is 0 Å². The predicted octanol–water partition coefficient (Wildman–Crippen LogP) is 1.77. The lowest BCUT2D eigenvalue weighted by Crippen LogP contribution is -2.23. The van der Waals surface area contributed by atoms with Crippen LogP contribution in [0.15, 0.2) is 54.4 Å². The predicted molar refractivity (Wildman–Crippen MR) is 89.2 cm³/mol. The van der Waals surface area contributed by atoms with Gasteiger partial charge in [0.2, 0.25) is 0 Å². The molecular weight excluding hydrogens is 322 g/mol. The molecule has 0 aliphatic heterocycles. The second-order valence-corrected chi connectivity index (χ2v) is 4.97. The first-order valence-corrected chi connectivity index (χ1v) is 7.32. The third-order valence-corrected chi connectivity index (χ3v) is 3.09. The number of nitrogens with one attached hydrogen (secondary N) is 1. The number of carboxylic acids is 1. The van der Waals surface area contributed by atoms with E-state index in [0.29, 0.717) is 11.3 Å². The summed E-state index contributed by atoms with van der Waals surface area (Å²) >= 11 is 0. The normalized spacial score (nSPS) is 10.6. The van der Waals surface area contributed by atoms with Crippen molar-refractivity contribution in [2.75, 3.05) is 6.61 Å². The molecule has 0 fully saturated rings. The topological polar surface area (TPSA) is 112 Å². The lowest BCUT2D eigenvalue weighted by atomic mass is 10.1. The summed E-state index contributed by atoms with van der Waals surface area (Å²) in [4.78, 5) is 26.5. The number of amides is 1. The summed E-state index contributed by atoms with van der Waals surface area (Å²) in [6.07, 6.45) is 4.71. The Kier molecular flexibility index (Phi) is 6.25. The summed E-state index contributed by atoms with van der Waals surface area (Å²) in [5.41, 5.74) is 1.41. The summed E-state index contributed by atoms with van der Waals surface area (Å²) < 4.78 is 5.02. The van der Waals surface area contributed by atoms with Crippen molar-refractivity contribution in [3.05, 3.63) is 65.5 Å². The summed E-state index contributed by atoms with van der Waals surface area (Å²) in [7, 11) is 0. The third-order valence-electron chi connectivity index (χ3n) is 3.09. The fraction of sp³-hybridized carbons (Fsp3) is 0.111. The summed E-state index contributed by atoms with van der Waals surface area (Å²) in [6, 6.07) is 11.8. The van der Waals surface area contributed by atoms with Gasteiger partial charge in [-0.3, -0.25) is 9.78 Å². The first-order valence-electron chi connectivity index (χ1n) is 7.32. The number of hydrogen-bond donors (Lipinski definition) is 2. The number of aromatic nitrogens is 1. The van der Waals surface area contributed by atoms with E-state index < -0.39 is 18.5 Å². The van der Waals surface area contributed by atoms with Gasteiger partial charge in [-0.25, -0.2) is 4.79 Å². The smallest absolute Gasteiger partial charge is 0.341 e. The summed E-state index contributed by atoms with van der Waals surface area (Å²) in [5.74, 6) is -1.17. The van der Waals surface area contributed by atoms with Crippen LogP contribution in [-0.4, -0.2) is 28.6 Å². The van der Waals surface area contributed by atoms with Crippen LogP contribution in [0, 0.1) is 11.3 Å². The van der Waals surface area contributed by atoms with Crippen molar-refractivity contribution in [2.45, 2.75) is 6.54 Å². The molecule has 0 aliphatic carbocycles. The van der Waals surface area contributed by atoms with E-state index in [1.54, 1.807) is 42.7 Å². The van der Waals surface area contributed by atoms with Gasteiger partial charge >= 0.3 is 5.97 Å². The van der Waals surface area contributed by atoms with Gasteiger partial charge in [0.05, 0.1) is 0 Å². The molecule has 25 heavy (non-hydrogen) atoms. The zero-order valence-electron chi connectivity index (χ0n) is 13.2. The number of carboxylic acid groups (broad SMARTS) is 1. The first-order chi connectivity index (χ1) is 12.1. The number of pyridine rings is 1. The first kappa shape index (κ1) is 17.7. The number of carbonyl (C=O) groups excluding carboxylic acids is 1. The highest BCUT2D eigenvalue weighted by molar-refractivity contribution is 6.01. The molecule has 0 spiro atoms. The quantitative estimate of drug-likeness (QED) is 0.588. The molecule has 0 radical (unpaired) electrons. The lowest BCUT2D eigenvalue weighted by Gasteiger charge is -2.05. The minimum absolute atomic E-state index is 0.0388. The van der Waals surface area contributed by atoms with E-state index in [4.69, 9.17) is 9.84 Å². The molecule has 0 saturated carbocycles. The molecule has 1 aromatic carbocycles. The monoisotopic (exact) mass is 337 g/mol. The van der Waals surface area contributed by atoms with Crippen LogP contribution in [0.4, 0.5) is 0 Å². The second kappa shape index (κ2) is 8.84. The highest BCUT2D eigenvalue weighted by atomic mass is 16.5. The number of rotatable bonds is 7. The van der Waals surface area contributed by atoms with E-state index >= 15 is 0 Å². The van der Waals surface area contributed by atoms with E-state index in [9.17, 15) is 14.9 Å². The average molecular weight is 337 g/mol. The van der Waals surface area contributed by atoms with Gasteiger partial charge in [-0.2, -0.15) is 5.26 Å². The summed E-state index contributed by atoms with van der Waals surface area (Å²) in [5, 5.41) is 20.4. The van der Waals surface area contributed by atoms with Crippen LogP contribution in [-0.2, 0) is 16.1 Å². The molecule has 2 rings (SSSR count). The molecule has 126 valence electrons. The molecule has 1 heterocycles. The van der Waals surface area contributed by atoms with Gasteiger partial charge in [-0.15, -0.1) is 0 Å². The van der Waals surface area contributed by atoms with E-state index in [1.807, 2.05) is 12.1 Å². The number of hydrogen-bond acceptors (Lipinski definition) is 5. The molecule has 0 aliphatic rings. The van der Waals surface area contributed by atoms with Crippen LogP contribution >= 0.6 is 0 Å².